The highest BCUT2D eigenvalue weighted by molar-refractivity contribution is 5.86. The third kappa shape index (κ3) is 3.15. The average molecular weight is 345 g/mol. The SMILES string of the molecule is Cl.NCC1(NC(=O)C2CC2c2ccc3ccccc3c2)CCCC1. The standard InChI is InChI=1S/C20H24N2O.ClH/c21-13-20(9-3-4-10-20)22-19(23)18-12-17(18)16-8-7-14-5-1-2-6-15(14)11-16;/h1-2,5-8,11,17-18H,3-4,9-10,12-13,21H2,(H,22,23);1H. The van der Waals surface area contributed by atoms with Crippen molar-refractivity contribution in [2.45, 2.75) is 43.6 Å². The Kier molecular flexibility index (Phi) is 4.84. The number of rotatable bonds is 4. The molecule has 2 atom stereocenters. The number of fused-ring (bicyclic) bond motifs is 1. The zero-order valence-corrected chi connectivity index (χ0v) is 14.6. The maximum Gasteiger partial charge on any atom is 0.224 e. The van der Waals surface area contributed by atoms with Gasteiger partial charge >= 0.3 is 0 Å². The second kappa shape index (κ2) is 6.73. The van der Waals surface area contributed by atoms with Gasteiger partial charge in [0, 0.05) is 12.5 Å². The van der Waals surface area contributed by atoms with Crippen LogP contribution in [0.5, 0.6) is 0 Å². The molecule has 0 radical (unpaired) electrons. The highest BCUT2D eigenvalue weighted by Gasteiger charge is 2.46. The van der Waals surface area contributed by atoms with Crippen LogP contribution in [0, 0.1) is 5.92 Å². The van der Waals surface area contributed by atoms with Crippen LogP contribution in [0.15, 0.2) is 42.5 Å². The Morgan fingerprint density at radius 3 is 2.54 bits per heavy atom. The number of nitrogens with one attached hydrogen (secondary N) is 1. The molecule has 2 fully saturated rings. The van der Waals surface area contributed by atoms with Crippen molar-refractivity contribution in [3.63, 3.8) is 0 Å². The van der Waals surface area contributed by atoms with Crippen molar-refractivity contribution >= 4 is 29.1 Å². The molecule has 0 aromatic heterocycles. The number of benzene rings is 2. The molecule has 0 heterocycles. The van der Waals surface area contributed by atoms with Crippen molar-refractivity contribution in [1.29, 1.82) is 0 Å². The van der Waals surface area contributed by atoms with Gasteiger partial charge in [0.25, 0.3) is 0 Å². The summed E-state index contributed by atoms with van der Waals surface area (Å²) in [6.45, 7) is 0.562. The van der Waals surface area contributed by atoms with Crippen molar-refractivity contribution in [2.24, 2.45) is 11.7 Å². The first-order valence-electron chi connectivity index (χ1n) is 8.72. The molecule has 0 bridgehead atoms. The molecule has 2 saturated carbocycles. The Morgan fingerprint density at radius 1 is 1.12 bits per heavy atom. The predicted molar refractivity (Wildman–Crippen MR) is 100 cm³/mol. The molecule has 4 rings (SSSR count). The van der Waals surface area contributed by atoms with Crippen LogP contribution < -0.4 is 11.1 Å². The molecular formula is C20H25ClN2O. The molecule has 0 aliphatic heterocycles. The second-order valence-corrected chi connectivity index (χ2v) is 7.24. The van der Waals surface area contributed by atoms with E-state index in [-0.39, 0.29) is 29.8 Å². The number of carbonyl (C=O) groups is 1. The van der Waals surface area contributed by atoms with Gasteiger partial charge in [-0.05, 0) is 41.5 Å². The summed E-state index contributed by atoms with van der Waals surface area (Å²) in [5.74, 6) is 0.700. The van der Waals surface area contributed by atoms with Gasteiger partial charge in [0.05, 0.1) is 5.54 Å². The smallest absolute Gasteiger partial charge is 0.224 e. The molecule has 2 aromatic rings. The highest BCUT2D eigenvalue weighted by Crippen LogP contribution is 2.48. The summed E-state index contributed by atoms with van der Waals surface area (Å²) >= 11 is 0. The van der Waals surface area contributed by atoms with E-state index in [4.69, 9.17) is 5.73 Å². The monoisotopic (exact) mass is 344 g/mol. The maximum absolute atomic E-state index is 12.6. The lowest BCUT2D eigenvalue weighted by Crippen LogP contribution is -2.52. The summed E-state index contributed by atoms with van der Waals surface area (Å²) in [6, 6.07) is 15.0. The van der Waals surface area contributed by atoms with Crippen molar-refractivity contribution in [2.75, 3.05) is 6.54 Å². The van der Waals surface area contributed by atoms with Crippen molar-refractivity contribution in [3.8, 4) is 0 Å². The van der Waals surface area contributed by atoms with Gasteiger partial charge < -0.3 is 11.1 Å². The Bertz CT molecular complexity index is 739. The van der Waals surface area contributed by atoms with E-state index >= 15 is 0 Å². The normalized spacial score (nSPS) is 24.4. The fraction of sp³-hybridized carbons (Fsp3) is 0.450. The van der Waals surface area contributed by atoms with Crippen molar-refractivity contribution < 1.29 is 4.79 Å². The lowest BCUT2D eigenvalue weighted by atomic mass is 9.97. The van der Waals surface area contributed by atoms with E-state index < -0.39 is 0 Å². The van der Waals surface area contributed by atoms with Crippen LogP contribution >= 0.6 is 12.4 Å². The molecule has 1 amide bonds. The van der Waals surface area contributed by atoms with E-state index in [0.29, 0.717) is 12.5 Å². The van der Waals surface area contributed by atoms with E-state index in [0.717, 1.165) is 19.3 Å². The number of carbonyl (C=O) groups excluding carboxylic acids is 1. The molecule has 0 spiro atoms. The van der Waals surface area contributed by atoms with Crippen LogP contribution in [0.3, 0.4) is 0 Å². The average Bonchev–Trinajstić information content (AvgIpc) is 3.27. The van der Waals surface area contributed by atoms with Crippen LogP contribution in [0.2, 0.25) is 0 Å². The summed E-state index contributed by atoms with van der Waals surface area (Å²) in [4.78, 5) is 12.6. The quantitative estimate of drug-likeness (QED) is 0.887. The van der Waals surface area contributed by atoms with E-state index in [2.05, 4.69) is 47.8 Å². The van der Waals surface area contributed by atoms with Crippen molar-refractivity contribution in [1.82, 2.24) is 5.32 Å². The van der Waals surface area contributed by atoms with E-state index in [1.165, 1.54) is 29.2 Å². The van der Waals surface area contributed by atoms with Crippen LogP contribution in [-0.4, -0.2) is 18.0 Å². The molecule has 4 heteroatoms. The van der Waals surface area contributed by atoms with Crippen LogP contribution in [-0.2, 0) is 4.79 Å². The Hall–Kier alpha value is -1.58. The number of halogens is 1. The lowest BCUT2D eigenvalue weighted by molar-refractivity contribution is -0.124. The maximum atomic E-state index is 12.6. The Labute approximate surface area is 149 Å². The second-order valence-electron chi connectivity index (χ2n) is 7.24. The third-order valence-electron chi connectivity index (χ3n) is 5.67. The minimum atomic E-state index is -0.131. The van der Waals surface area contributed by atoms with Gasteiger partial charge in [-0.2, -0.15) is 0 Å². The molecule has 3 N–H and O–H groups in total. The van der Waals surface area contributed by atoms with Gasteiger partial charge in [0.15, 0.2) is 0 Å². The highest BCUT2D eigenvalue weighted by atomic mass is 35.5. The summed E-state index contributed by atoms with van der Waals surface area (Å²) < 4.78 is 0. The zero-order valence-electron chi connectivity index (χ0n) is 13.8. The van der Waals surface area contributed by atoms with Gasteiger partial charge in [-0.3, -0.25) is 4.79 Å². The van der Waals surface area contributed by atoms with Gasteiger partial charge in [-0.15, -0.1) is 12.4 Å². The molecule has 2 aromatic carbocycles. The molecule has 2 unspecified atom stereocenters. The lowest BCUT2D eigenvalue weighted by Gasteiger charge is -2.28. The van der Waals surface area contributed by atoms with E-state index in [9.17, 15) is 4.79 Å². The first-order chi connectivity index (χ1) is 11.2. The van der Waals surface area contributed by atoms with Gasteiger partial charge in [0.2, 0.25) is 5.91 Å². The third-order valence-corrected chi connectivity index (χ3v) is 5.67. The van der Waals surface area contributed by atoms with Crippen LogP contribution in [0.25, 0.3) is 10.8 Å². The summed E-state index contributed by atoms with van der Waals surface area (Å²) in [7, 11) is 0. The summed E-state index contributed by atoms with van der Waals surface area (Å²) in [6.07, 6.45) is 5.38. The molecule has 2 aliphatic rings. The topological polar surface area (TPSA) is 55.1 Å². The van der Waals surface area contributed by atoms with Crippen LogP contribution in [0.1, 0.15) is 43.6 Å². The largest absolute Gasteiger partial charge is 0.349 e. The first kappa shape index (κ1) is 17.2. The van der Waals surface area contributed by atoms with Gasteiger partial charge in [-0.25, -0.2) is 0 Å². The Balaban J connectivity index is 0.00000169. The summed E-state index contributed by atoms with van der Waals surface area (Å²) in [5, 5.41) is 5.79. The first-order valence-corrected chi connectivity index (χ1v) is 8.72. The Morgan fingerprint density at radius 2 is 1.83 bits per heavy atom. The summed E-state index contributed by atoms with van der Waals surface area (Å²) in [5.41, 5.74) is 7.09. The molecule has 2 aliphatic carbocycles. The van der Waals surface area contributed by atoms with Gasteiger partial charge in [-0.1, -0.05) is 55.3 Å². The molecule has 3 nitrogen and oxygen atoms in total. The minimum Gasteiger partial charge on any atom is -0.349 e. The molecule has 24 heavy (non-hydrogen) atoms. The van der Waals surface area contributed by atoms with Crippen molar-refractivity contribution in [3.05, 3.63) is 48.0 Å². The fourth-order valence-electron chi connectivity index (χ4n) is 4.08. The number of hydrogen-bond donors (Lipinski definition) is 2. The number of hydrogen-bond acceptors (Lipinski definition) is 2. The molecule has 128 valence electrons. The molecule has 0 saturated heterocycles. The van der Waals surface area contributed by atoms with E-state index in [1.807, 2.05) is 0 Å². The zero-order chi connectivity index (χ0) is 15.9. The van der Waals surface area contributed by atoms with Crippen LogP contribution in [0.4, 0.5) is 0 Å². The minimum absolute atomic E-state index is 0. The van der Waals surface area contributed by atoms with Gasteiger partial charge in [0.1, 0.15) is 0 Å². The molecular weight excluding hydrogens is 320 g/mol. The fourth-order valence-corrected chi connectivity index (χ4v) is 4.08. The number of nitrogens with two attached hydrogens (primary N) is 1. The number of amides is 1. The predicted octanol–water partition coefficient (Wildman–Crippen LogP) is 3.75. The van der Waals surface area contributed by atoms with E-state index in [1.54, 1.807) is 0 Å².